The largest absolute Gasteiger partial charge is 0.466 e. The molecule has 0 saturated heterocycles. The Morgan fingerprint density at radius 1 is 1.12 bits per heavy atom. The number of nitro benzene ring substituents is 1. The van der Waals surface area contributed by atoms with Crippen molar-refractivity contribution in [1.29, 1.82) is 0 Å². The van der Waals surface area contributed by atoms with Gasteiger partial charge in [0.25, 0.3) is 5.69 Å². The second kappa shape index (κ2) is 9.11. The Morgan fingerprint density at radius 2 is 1.67 bits per heavy atom. The van der Waals surface area contributed by atoms with Gasteiger partial charge in [0, 0.05) is 23.5 Å². The third kappa shape index (κ3) is 4.72. The van der Waals surface area contributed by atoms with Gasteiger partial charge >= 0.3 is 5.97 Å². The zero-order chi connectivity index (χ0) is 23.8. The van der Waals surface area contributed by atoms with Crippen LogP contribution >= 0.6 is 0 Å². The molecule has 4 aliphatic carbocycles. The van der Waals surface area contributed by atoms with Gasteiger partial charge in [-0.2, -0.15) is 0 Å². The maximum absolute atomic E-state index is 13.6. The van der Waals surface area contributed by atoms with Gasteiger partial charge in [-0.05, 0) is 68.8 Å². The van der Waals surface area contributed by atoms with E-state index in [4.69, 9.17) is 10.5 Å². The van der Waals surface area contributed by atoms with Gasteiger partial charge in [-0.1, -0.05) is 12.1 Å². The van der Waals surface area contributed by atoms with Crippen LogP contribution < -0.4 is 11.1 Å². The smallest absolute Gasteiger partial charge is 0.306 e. The molecule has 3 N–H and O–H groups in total. The van der Waals surface area contributed by atoms with E-state index in [9.17, 15) is 24.5 Å². The Balaban J connectivity index is 1.60. The van der Waals surface area contributed by atoms with Gasteiger partial charge in [0.1, 0.15) is 6.04 Å². The number of carbonyl (C=O) groups is 3. The molecule has 2 amide bonds. The highest BCUT2D eigenvalue weighted by atomic mass is 16.6. The second-order valence-electron chi connectivity index (χ2n) is 10.0. The number of benzene rings is 1. The van der Waals surface area contributed by atoms with E-state index in [1.54, 1.807) is 6.92 Å². The van der Waals surface area contributed by atoms with Crippen LogP contribution in [0.5, 0.6) is 0 Å². The molecule has 9 heteroatoms. The average Bonchev–Trinajstić information content (AvgIpc) is 2.75. The summed E-state index contributed by atoms with van der Waals surface area (Å²) in [5.41, 5.74) is 5.64. The first-order chi connectivity index (χ1) is 15.7. The third-order valence-corrected chi connectivity index (χ3v) is 7.74. The van der Waals surface area contributed by atoms with E-state index < -0.39 is 34.2 Å². The van der Waals surface area contributed by atoms with E-state index in [-0.39, 0.29) is 24.6 Å². The van der Waals surface area contributed by atoms with Crippen LogP contribution in [0.4, 0.5) is 5.69 Å². The zero-order valence-electron chi connectivity index (χ0n) is 18.8. The summed E-state index contributed by atoms with van der Waals surface area (Å²) in [6.45, 7) is 1.85. The Hall–Kier alpha value is -2.97. The van der Waals surface area contributed by atoms with E-state index in [2.05, 4.69) is 5.32 Å². The lowest BCUT2D eigenvalue weighted by Gasteiger charge is -2.55. The molecule has 4 bridgehead atoms. The Bertz CT molecular complexity index is 909. The van der Waals surface area contributed by atoms with Crippen molar-refractivity contribution in [3.63, 3.8) is 0 Å². The molecule has 0 aromatic heterocycles. The van der Waals surface area contributed by atoms with Gasteiger partial charge in [0.2, 0.25) is 11.8 Å². The molecule has 178 valence electrons. The summed E-state index contributed by atoms with van der Waals surface area (Å²) >= 11 is 0. The Labute approximate surface area is 192 Å². The van der Waals surface area contributed by atoms with Crippen LogP contribution in [-0.4, -0.2) is 35.4 Å². The van der Waals surface area contributed by atoms with Crippen molar-refractivity contribution in [2.45, 2.75) is 63.8 Å². The molecule has 0 spiro atoms. The fourth-order valence-electron chi connectivity index (χ4n) is 6.72. The zero-order valence-corrected chi connectivity index (χ0v) is 18.8. The highest BCUT2D eigenvalue weighted by molar-refractivity contribution is 5.91. The molecule has 9 nitrogen and oxygen atoms in total. The monoisotopic (exact) mass is 457 g/mol. The van der Waals surface area contributed by atoms with E-state index in [1.165, 1.54) is 43.5 Å². The molecule has 4 aliphatic rings. The molecular formula is C24H31N3O6. The fraction of sp³-hybridized carbons (Fsp3) is 0.625. The predicted molar refractivity (Wildman–Crippen MR) is 119 cm³/mol. The Morgan fingerprint density at radius 3 is 2.12 bits per heavy atom. The van der Waals surface area contributed by atoms with Gasteiger partial charge < -0.3 is 15.8 Å². The first-order valence-corrected chi connectivity index (χ1v) is 11.7. The summed E-state index contributed by atoms with van der Waals surface area (Å²) in [5, 5.41) is 13.9. The maximum Gasteiger partial charge on any atom is 0.306 e. The number of nitrogens with two attached hydrogens (primary N) is 1. The van der Waals surface area contributed by atoms with Crippen molar-refractivity contribution in [2.24, 2.45) is 28.9 Å². The molecule has 0 heterocycles. The molecule has 0 unspecified atom stereocenters. The number of nitrogens with zero attached hydrogens (tertiary/aromatic N) is 1. The highest BCUT2D eigenvalue weighted by Crippen LogP contribution is 2.60. The predicted octanol–water partition coefficient (Wildman–Crippen LogP) is 2.82. The van der Waals surface area contributed by atoms with E-state index >= 15 is 0 Å². The minimum absolute atomic E-state index is 0.109. The minimum Gasteiger partial charge on any atom is -0.466 e. The summed E-state index contributed by atoms with van der Waals surface area (Å²) in [7, 11) is 0. The van der Waals surface area contributed by atoms with Crippen molar-refractivity contribution in [1.82, 2.24) is 5.32 Å². The van der Waals surface area contributed by atoms with Gasteiger partial charge in [0.05, 0.1) is 18.0 Å². The summed E-state index contributed by atoms with van der Waals surface area (Å²) in [5.74, 6) is -0.574. The topological polar surface area (TPSA) is 142 Å². The van der Waals surface area contributed by atoms with Crippen molar-refractivity contribution in [2.75, 3.05) is 6.61 Å². The molecule has 1 aromatic rings. The second-order valence-corrected chi connectivity index (χ2v) is 10.0. The molecule has 2 atom stereocenters. The van der Waals surface area contributed by atoms with Gasteiger partial charge in [-0.25, -0.2) is 0 Å². The molecule has 4 fully saturated rings. The standard InChI is InChI=1S/C24H31N3O6/c1-2-33-20(28)10-19(17-3-5-18(6-4-17)27(31)32)21(22(25)29)26-23(30)24-11-14-7-15(12-24)9-16(8-14)13-24/h3-6,14-16,19,21H,2,7-13H2,1H3,(H2,25,29)(H,26,30)/t14?,15?,16?,19-,21-,24?/m1/s1. The van der Waals surface area contributed by atoms with E-state index in [0.29, 0.717) is 23.3 Å². The number of hydrogen-bond acceptors (Lipinski definition) is 6. The highest BCUT2D eigenvalue weighted by Gasteiger charge is 2.55. The lowest BCUT2D eigenvalue weighted by atomic mass is 9.49. The van der Waals surface area contributed by atoms with Crippen molar-refractivity contribution in [3.05, 3.63) is 39.9 Å². The molecule has 4 saturated carbocycles. The van der Waals surface area contributed by atoms with Crippen LogP contribution in [0.1, 0.15) is 63.4 Å². The lowest BCUT2D eigenvalue weighted by Crippen LogP contribution is -2.58. The van der Waals surface area contributed by atoms with Gasteiger partial charge in [-0.15, -0.1) is 0 Å². The fourth-order valence-corrected chi connectivity index (χ4v) is 6.72. The summed E-state index contributed by atoms with van der Waals surface area (Å²) in [6.07, 6.45) is 5.85. The van der Waals surface area contributed by atoms with Crippen LogP contribution in [0.3, 0.4) is 0 Å². The number of hydrogen-bond donors (Lipinski definition) is 2. The normalized spacial score (nSPS) is 29.2. The number of carbonyl (C=O) groups excluding carboxylic acids is 3. The van der Waals surface area contributed by atoms with Crippen molar-refractivity contribution >= 4 is 23.5 Å². The van der Waals surface area contributed by atoms with Crippen LogP contribution in [0.2, 0.25) is 0 Å². The molecular weight excluding hydrogens is 426 g/mol. The average molecular weight is 458 g/mol. The summed E-state index contributed by atoms with van der Waals surface area (Å²) in [4.78, 5) is 49.0. The number of amides is 2. The number of primary amides is 1. The molecule has 33 heavy (non-hydrogen) atoms. The Kier molecular flexibility index (Phi) is 6.41. The number of esters is 1. The molecule has 0 radical (unpaired) electrons. The van der Waals surface area contributed by atoms with Crippen LogP contribution in [0.25, 0.3) is 0 Å². The van der Waals surface area contributed by atoms with E-state index in [1.807, 2.05) is 0 Å². The quantitative estimate of drug-likeness (QED) is 0.332. The number of nitro groups is 1. The number of ether oxygens (including phenoxy) is 1. The molecule has 0 aliphatic heterocycles. The summed E-state index contributed by atoms with van der Waals surface area (Å²) in [6, 6.07) is 4.49. The van der Waals surface area contributed by atoms with Crippen molar-refractivity contribution in [3.8, 4) is 0 Å². The van der Waals surface area contributed by atoms with Crippen LogP contribution in [0, 0.1) is 33.3 Å². The molecule has 1 aromatic carbocycles. The maximum atomic E-state index is 13.6. The lowest BCUT2D eigenvalue weighted by molar-refractivity contribution is -0.384. The number of nitrogens with one attached hydrogen (secondary N) is 1. The summed E-state index contributed by atoms with van der Waals surface area (Å²) < 4.78 is 5.08. The van der Waals surface area contributed by atoms with Gasteiger partial charge in [0.15, 0.2) is 0 Å². The SMILES string of the molecule is CCOC(=O)C[C@H](c1ccc([N+](=O)[O-])cc1)[C@@H](NC(=O)C12CC3CC(CC(C3)C1)C2)C(N)=O. The number of non-ortho nitro benzene ring substituents is 1. The van der Waals surface area contributed by atoms with Crippen molar-refractivity contribution < 1.29 is 24.0 Å². The first kappa shape index (κ1) is 23.2. The van der Waals surface area contributed by atoms with Gasteiger partial charge in [-0.3, -0.25) is 24.5 Å². The van der Waals surface area contributed by atoms with E-state index in [0.717, 1.165) is 19.3 Å². The van der Waals surface area contributed by atoms with Crippen LogP contribution in [0.15, 0.2) is 24.3 Å². The molecule has 5 rings (SSSR count). The first-order valence-electron chi connectivity index (χ1n) is 11.7. The minimum atomic E-state index is -1.13. The number of rotatable bonds is 9. The van der Waals surface area contributed by atoms with Crippen LogP contribution in [-0.2, 0) is 19.1 Å². The third-order valence-electron chi connectivity index (χ3n) is 7.74.